The second kappa shape index (κ2) is 8.23. The van der Waals surface area contributed by atoms with Crippen molar-refractivity contribution in [1.82, 2.24) is 25.1 Å². The van der Waals surface area contributed by atoms with E-state index in [1.165, 1.54) is 23.5 Å². The molecule has 3 aromatic rings. The zero-order valence-corrected chi connectivity index (χ0v) is 16.2. The monoisotopic (exact) mass is 399 g/mol. The zero-order chi connectivity index (χ0) is 20.4. The minimum Gasteiger partial charge on any atom is -0.349 e. The molecule has 0 spiro atoms. The Labute approximate surface area is 167 Å². The predicted octanol–water partition coefficient (Wildman–Crippen LogP) is 4.45. The average molecular weight is 399 g/mol. The van der Waals surface area contributed by atoms with E-state index in [0.29, 0.717) is 16.5 Å². The van der Waals surface area contributed by atoms with E-state index in [2.05, 4.69) is 27.3 Å². The van der Waals surface area contributed by atoms with E-state index < -0.39 is 6.43 Å². The van der Waals surface area contributed by atoms with Crippen LogP contribution in [-0.2, 0) is 0 Å². The standard InChI is InChI=1S/C21H23F2N5O/c1-2-13-7-9-15(10-8-13)26-20(29)14-11-24-21(25-12-14)28-17-6-4-3-5-16(17)18(27-28)19(22)23/h3-6,11-13,15,19H,2,7-10H2,1H3,(H,26,29). The zero-order valence-electron chi connectivity index (χ0n) is 16.2. The summed E-state index contributed by atoms with van der Waals surface area (Å²) < 4.78 is 27.9. The van der Waals surface area contributed by atoms with Crippen molar-refractivity contribution in [3.05, 3.63) is 47.9 Å². The molecular weight excluding hydrogens is 376 g/mol. The first-order chi connectivity index (χ1) is 14.1. The number of nitrogens with one attached hydrogen (secondary N) is 1. The lowest BCUT2D eigenvalue weighted by molar-refractivity contribution is 0.0921. The number of aromatic nitrogens is 4. The Morgan fingerprint density at radius 2 is 1.86 bits per heavy atom. The third-order valence-corrected chi connectivity index (χ3v) is 5.67. The van der Waals surface area contributed by atoms with E-state index in [4.69, 9.17) is 0 Å². The van der Waals surface area contributed by atoms with Gasteiger partial charge in [0.25, 0.3) is 18.3 Å². The summed E-state index contributed by atoms with van der Waals surface area (Å²) in [6.07, 6.45) is 5.55. The van der Waals surface area contributed by atoms with Crippen molar-refractivity contribution in [2.45, 2.75) is 51.5 Å². The van der Waals surface area contributed by atoms with E-state index in [1.807, 2.05) is 0 Å². The quantitative estimate of drug-likeness (QED) is 0.688. The molecule has 0 saturated heterocycles. The first kappa shape index (κ1) is 19.4. The van der Waals surface area contributed by atoms with Crippen molar-refractivity contribution in [3.8, 4) is 5.95 Å². The molecule has 4 rings (SSSR count). The third-order valence-electron chi connectivity index (χ3n) is 5.67. The van der Waals surface area contributed by atoms with Crippen molar-refractivity contribution < 1.29 is 13.6 Å². The van der Waals surface area contributed by atoms with Crippen LogP contribution in [-0.4, -0.2) is 31.7 Å². The van der Waals surface area contributed by atoms with Crippen LogP contribution in [0.4, 0.5) is 8.78 Å². The number of benzene rings is 1. The summed E-state index contributed by atoms with van der Waals surface area (Å²) in [6.45, 7) is 2.20. The number of fused-ring (bicyclic) bond motifs is 1. The van der Waals surface area contributed by atoms with Crippen LogP contribution in [0.5, 0.6) is 0 Å². The molecule has 0 atom stereocenters. The summed E-state index contributed by atoms with van der Waals surface area (Å²) in [5, 5.41) is 7.39. The molecule has 1 aliphatic carbocycles. The minimum absolute atomic E-state index is 0.146. The summed E-state index contributed by atoms with van der Waals surface area (Å²) >= 11 is 0. The molecule has 1 amide bonds. The molecule has 1 aromatic carbocycles. The maximum Gasteiger partial charge on any atom is 0.282 e. The third kappa shape index (κ3) is 3.97. The summed E-state index contributed by atoms with van der Waals surface area (Å²) in [5.41, 5.74) is 0.526. The summed E-state index contributed by atoms with van der Waals surface area (Å²) in [6, 6.07) is 6.88. The van der Waals surface area contributed by atoms with Crippen molar-refractivity contribution >= 4 is 16.8 Å². The number of hydrogen-bond acceptors (Lipinski definition) is 4. The van der Waals surface area contributed by atoms with Gasteiger partial charge in [0.15, 0.2) is 0 Å². The van der Waals surface area contributed by atoms with E-state index in [9.17, 15) is 13.6 Å². The fourth-order valence-electron chi connectivity index (χ4n) is 3.94. The molecule has 0 bridgehead atoms. The van der Waals surface area contributed by atoms with Crippen molar-refractivity contribution in [2.75, 3.05) is 0 Å². The molecule has 152 valence electrons. The minimum atomic E-state index is -2.70. The molecule has 0 unspecified atom stereocenters. The molecule has 0 radical (unpaired) electrons. The highest BCUT2D eigenvalue weighted by Crippen LogP contribution is 2.28. The molecule has 1 aliphatic rings. The first-order valence-electron chi connectivity index (χ1n) is 9.96. The Morgan fingerprint density at radius 1 is 1.17 bits per heavy atom. The number of para-hydroxylation sites is 1. The highest BCUT2D eigenvalue weighted by Gasteiger charge is 2.23. The fourth-order valence-corrected chi connectivity index (χ4v) is 3.94. The number of carbonyl (C=O) groups excluding carboxylic acids is 1. The normalized spacial score (nSPS) is 19.6. The second-order valence-electron chi connectivity index (χ2n) is 7.49. The van der Waals surface area contributed by atoms with E-state index >= 15 is 0 Å². The van der Waals surface area contributed by atoms with Crippen LogP contribution >= 0.6 is 0 Å². The van der Waals surface area contributed by atoms with Crippen molar-refractivity contribution in [2.24, 2.45) is 5.92 Å². The molecule has 2 aromatic heterocycles. The molecule has 1 fully saturated rings. The van der Waals surface area contributed by atoms with Crippen molar-refractivity contribution in [3.63, 3.8) is 0 Å². The SMILES string of the molecule is CCC1CCC(NC(=O)c2cnc(-n3nc(C(F)F)c4ccccc43)nc2)CC1. The molecule has 6 nitrogen and oxygen atoms in total. The Kier molecular flexibility index (Phi) is 5.51. The van der Waals surface area contributed by atoms with Crippen LogP contribution in [0.25, 0.3) is 16.9 Å². The Hall–Kier alpha value is -2.90. The van der Waals surface area contributed by atoms with Gasteiger partial charge in [-0.25, -0.2) is 18.7 Å². The van der Waals surface area contributed by atoms with E-state index in [-0.39, 0.29) is 23.6 Å². The van der Waals surface area contributed by atoms with Gasteiger partial charge in [0.2, 0.25) is 0 Å². The van der Waals surface area contributed by atoms with Gasteiger partial charge in [-0.2, -0.15) is 9.78 Å². The first-order valence-corrected chi connectivity index (χ1v) is 9.96. The number of alkyl halides is 2. The summed E-state index contributed by atoms with van der Waals surface area (Å²) in [7, 11) is 0. The average Bonchev–Trinajstić information content (AvgIpc) is 3.14. The van der Waals surface area contributed by atoms with Gasteiger partial charge in [-0.05, 0) is 37.7 Å². The molecule has 8 heteroatoms. The lowest BCUT2D eigenvalue weighted by Gasteiger charge is -2.28. The van der Waals surface area contributed by atoms with Gasteiger partial charge in [-0.3, -0.25) is 4.79 Å². The van der Waals surface area contributed by atoms with Crippen LogP contribution < -0.4 is 5.32 Å². The van der Waals surface area contributed by atoms with Crippen LogP contribution in [0, 0.1) is 5.92 Å². The summed E-state index contributed by atoms with van der Waals surface area (Å²) in [4.78, 5) is 20.9. The molecule has 2 heterocycles. The number of carbonyl (C=O) groups is 1. The number of hydrogen-bond donors (Lipinski definition) is 1. The van der Waals surface area contributed by atoms with Crippen LogP contribution in [0.2, 0.25) is 0 Å². The summed E-state index contributed by atoms with van der Waals surface area (Å²) in [5.74, 6) is 0.691. The lowest BCUT2D eigenvalue weighted by Crippen LogP contribution is -2.37. The molecule has 1 N–H and O–H groups in total. The molecular formula is C21H23F2N5O. The Morgan fingerprint density at radius 3 is 2.52 bits per heavy atom. The van der Waals surface area contributed by atoms with Gasteiger partial charge >= 0.3 is 0 Å². The smallest absolute Gasteiger partial charge is 0.282 e. The van der Waals surface area contributed by atoms with Gasteiger partial charge in [0.05, 0.1) is 11.1 Å². The highest BCUT2D eigenvalue weighted by molar-refractivity contribution is 5.93. The number of rotatable bonds is 5. The number of halogens is 2. The van der Waals surface area contributed by atoms with Gasteiger partial charge in [0, 0.05) is 23.8 Å². The second-order valence-corrected chi connectivity index (χ2v) is 7.49. The topological polar surface area (TPSA) is 72.7 Å². The fraction of sp³-hybridized carbons (Fsp3) is 0.429. The Bertz CT molecular complexity index is 994. The van der Waals surface area contributed by atoms with Gasteiger partial charge in [-0.15, -0.1) is 0 Å². The van der Waals surface area contributed by atoms with Gasteiger partial charge in [0.1, 0.15) is 5.69 Å². The van der Waals surface area contributed by atoms with Crippen molar-refractivity contribution in [1.29, 1.82) is 0 Å². The van der Waals surface area contributed by atoms with E-state index in [1.54, 1.807) is 24.3 Å². The molecule has 1 saturated carbocycles. The Balaban J connectivity index is 1.51. The maximum absolute atomic E-state index is 13.3. The highest BCUT2D eigenvalue weighted by atomic mass is 19.3. The van der Waals surface area contributed by atoms with Crippen LogP contribution in [0.3, 0.4) is 0 Å². The van der Waals surface area contributed by atoms with Gasteiger partial charge < -0.3 is 5.32 Å². The lowest BCUT2D eigenvalue weighted by atomic mass is 9.84. The largest absolute Gasteiger partial charge is 0.349 e. The van der Waals surface area contributed by atoms with Crippen LogP contribution in [0.15, 0.2) is 36.7 Å². The molecule has 0 aliphatic heterocycles. The van der Waals surface area contributed by atoms with E-state index in [0.717, 1.165) is 31.6 Å². The molecule has 29 heavy (non-hydrogen) atoms. The maximum atomic E-state index is 13.3. The number of nitrogens with zero attached hydrogens (tertiary/aromatic N) is 4. The number of amides is 1. The predicted molar refractivity (Wildman–Crippen MR) is 105 cm³/mol. The van der Waals surface area contributed by atoms with Crippen LogP contribution in [0.1, 0.15) is 61.5 Å². The van der Waals surface area contributed by atoms with Gasteiger partial charge in [-0.1, -0.05) is 31.5 Å².